The third-order valence-corrected chi connectivity index (χ3v) is 4.00. The molecule has 0 saturated carbocycles. The average molecular weight is 369 g/mol. The van der Waals surface area contributed by atoms with Crippen LogP contribution in [0.15, 0.2) is 43.1 Å². The molecule has 0 fully saturated rings. The molecular formula is C16H12ClF3N4O. The summed E-state index contributed by atoms with van der Waals surface area (Å²) in [5.41, 5.74) is -2.08. The molecule has 0 saturated heterocycles. The lowest BCUT2D eigenvalue weighted by Crippen LogP contribution is -2.35. The van der Waals surface area contributed by atoms with Crippen molar-refractivity contribution < 1.29 is 18.3 Å². The Balaban J connectivity index is 2.06. The molecule has 1 unspecified atom stereocenters. The summed E-state index contributed by atoms with van der Waals surface area (Å²) in [7, 11) is 0. The van der Waals surface area contributed by atoms with Gasteiger partial charge in [0.05, 0.1) is 6.54 Å². The van der Waals surface area contributed by atoms with Crippen molar-refractivity contribution in [1.29, 1.82) is 0 Å². The Bertz CT molecular complexity index is 891. The molecule has 0 aliphatic carbocycles. The minimum atomic E-state index is -1.92. The van der Waals surface area contributed by atoms with Crippen molar-refractivity contribution in [2.24, 2.45) is 0 Å². The zero-order valence-corrected chi connectivity index (χ0v) is 13.5. The minimum Gasteiger partial charge on any atom is -0.383 e. The van der Waals surface area contributed by atoms with Crippen molar-refractivity contribution in [2.45, 2.75) is 18.6 Å². The van der Waals surface area contributed by atoms with Gasteiger partial charge >= 0.3 is 0 Å². The van der Waals surface area contributed by atoms with Crippen molar-refractivity contribution in [3.63, 3.8) is 0 Å². The second kappa shape index (κ2) is 6.81. The van der Waals surface area contributed by atoms with Gasteiger partial charge in [0.15, 0.2) is 11.0 Å². The summed E-state index contributed by atoms with van der Waals surface area (Å²) in [4.78, 5) is 7.36. The number of hydrogen-bond acceptors (Lipinski definition) is 4. The maximum absolute atomic E-state index is 14.3. The van der Waals surface area contributed by atoms with E-state index in [0.29, 0.717) is 6.07 Å². The first kappa shape index (κ1) is 17.4. The Kier molecular flexibility index (Phi) is 4.73. The molecule has 130 valence electrons. The van der Waals surface area contributed by atoms with Gasteiger partial charge in [-0.25, -0.2) is 27.8 Å². The molecule has 3 rings (SSSR count). The number of hydrogen-bond donors (Lipinski definition) is 1. The van der Waals surface area contributed by atoms with E-state index in [0.717, 1.165) is 12.1 Å². The number of halogens is 4. The van der Waals surface area contributed by atoms with Gasteiger partial charge in [0, 0.05) is 24.2 Å². The highest BCUT2D eigenvalue weighted by molar-refractivity contribution is 6.29. The van der Waals surface area contributed by atoms with E-state index in [1.807, 2.05) is 0 Å². The maximum Gasteiger partial charge on any atom is 0.164 e. The number of aliphatic hydroxyl groups is 1. The molecule has 2 heterocycles. The maximum atomic E-state index is 14.3. The molecule has 0 bridgehead atoms. The number of aromatic nitrogens is 4. The van der Waals surface area contributed by atoms with E-state index in [2.05, 4.69) is 15.1 Å². The highest BCUT2D eigenvalue weighted by Crippen LogP contribution is 2.31. The van der Waals surface area contributed by atoms with Crippen LogP contribution in [0, 0.1) is 17.5 Å². The molecule has 1 N–H and O–H groups in total. The fourth-order valence-electron chi connectivity index (χ4n) is 2.59. The summed E-state index contributed by atoms with van der Waals surface area (Å²) in [5.74, 6) is -2.56. The van der Waals surface area contributed by atoms with Crippen LogP contribution in [0.3, 0.4) is 0 Å². The highest BCUT2D eigenvalue weighted by atomic mass is 35.5. The molecule has 5 nitrogen and oxygen atoms in total. The first-order valence-electron chi connectivity index (χ1n) is 7.18. The van der Waals surface area contributed by atoms with Crippen LogP contribution in [-0.4, -0.2) is 24.9 Å². The van der Waals surface area contributed by atoms with E-state index in [4.69, 9.17) is 11.6 Å². The molecule has 2 aromatic heterocycles. The van der Waals surface area contributed by atoms with E-state index >= 15 is 0 Å². The molecule has 25 heavy (non-hydrogen) atoms. The van der Waals surface area contributed by atoms with Crippen LogP contribution in [0.2, 0.25) is 5.15 Å². The van der Waals surface area contributed by atoms with Crippen molar-refractivity contribution in [3.8, 4) is 0 Å². The Labute approximate surface area is 145 Å². The third-order valence-electron chi connectivity index (χ3n) is 3.73. The minimum absolute atomic E-state index is 0.0336. The predicted octanol–water partition coefficient (Wildman–Crippen LogP) is 2.87. The van der Waals surface area contributed by atoms with E-state index < -0.39 is 23.1 Å². The van der Waals surface area contributed by atoms with Gasteiger partial charge in [-0.1, -0.05) is 17.7 Å². The van der Waals surface area contributed by atoms with Gasteiger partial charge in [0.2, 0.25) is 0 Å². The van der Waals surface area contributed by atoms with Gasteiger partial charge in [-0.05, 0) is 17.7 Å². The van der Waals surface area contributed by atoms with E-state index in [1.54, 1.807) is 0 Å². The summed E-state index contributed by atoms with van der Waals surface area (Å²) in [6, 6.07) is 4.11. The van der Waals surface area contributed by atoms with Gasteiger partial charge in [0.25, 0.3) is 0 Å². The molecule has 1 aromatic carbocycles. The zero-order valence-electron chi connectivity index (χ0n) is 12.7. The number of nitrogens with zero attached hydrogens (tertiary/aromatic N) is 4. The Morgan fingerprint density at radius 3 is 2.68 bits per heavy atom. The lowest BCUT2D eigenvalue weighted by atomic mass is 9.86. The van der Waals surface area contributed by atoms with Gasteiger partial charge in [-0.3, -0.25) is 0 Å². The number of rotatable bonds is 5. The summed E-state index contributed by atoms with van der Waals surface area (Å²) < 4.78 is 43.0. The third kappa shape index (κ3) is 3.64. The van der Waals surface area contributed by atoms with Gasteiger partial charge in [-0.15, -0.1) is 0 Å². The van der Waals surface area contributed by atoms with Crippen molar-refractivity contribution >= 4 is 11.6 Å². The Morgan fingerprint density at radius 2 is 2.00 bits per heavy atom. The van der Waals surface area contributed by atoms with Crippen LogP contribution in [0.25, 0.3) is 0 Å². The normalized spacial score (nSPS) is 13.6. The van der Waals surface area contributed by atoms with Crippen molar-refractivity contribution in [2.75, 3.05) is 0 Å². The molecule has 3 aromatic rings. The quantitative estimate of drug-likeness (QED) is 0.703. The SMILES string of the molecule is OC(Cc1ccnc(Cl)c1F)(Cn1cncn1)c1ccc(F)cc1F. The van der Waals surface area contributed by atoms with Gasteiger partial charge < -0.3 is 5.11 Å². The van der Waals surface area contributed by atoms with Gasteiger partial charge in [0.1, 0.15) is 29.9 Å². The lowest BCUT2D eigenvalue weighted by Gasteiger charge is -2.29. The fourth-order valence-corrected chi connectivity index (χ4v) is 2.77. The summed E-state index contributed by atoms with van der Waals surface area (Å²) >= 11 is 5.66. The van der Waals surface area contributed by atoms with E-state index in [1.165, 1.54) is 29.6 Å². The van der Waals surface area contributed by atoms with Crippen LogP contribution in [-0.2, 0) is 18.6 Å². The lowest BCUT2D eigenvalue weighted by molar-refractivity contribution is 0.0109. The van der Waals surface area contributed by atoms with Crippen molar-refractivity contribution in [1.82, 2.24) is 19.7 Å². The standard InChI is InChI=1S/C16H12ClF3N4O/c17-15-14(20)10(3-4-22-15)6-16(25,7-24-9-21-8-23-24)12-2-1-11(18)5-13(12)19/h1-5,8-9,25H,6-7H2. The molecule has 0 radical (unpaired) electrons. The number of benzene rings is 1. The molecule has 1 atom stereocenters. The molecular weight excluding hydrogens is 357 g/mol. The largest absolute Gasteiger partial charge is 0.383 e. The predicted molar refractivity (Wildman–Crippen MR) is 83.2 cm³/mol. The zero-order chi connectivity index (χ0) is 18.0. The Hall–Kier alpha value is -2.45. The van der Waals surface area contributed by atoms with E-state index in [-0.39, 0.29) is 29.2 Å². The van der Waals surface area contributed by atoms with Crippen LogP contribution in [0.4, 0.5) is 13.2 Å². The first-order valence-corrected chi connectivity index (χ1v) is 7.56. The molecule has 0 amide bonds. The molecule has 0 aliphatic heterocycles. The second-order valence-corrected chi connectivity index (χ2v) is 5.86. The van der Waals surface area contributed by atoms with Gasteiger partial charge in [-0.2, -0.15) is 5.10 Å². The van der Waals surface area contributed by atoms with Crippen molar-refractivity contribution in [3.05, 3.63) is 76.8 Å². The van der Waals surface area contributed by atoms with E-state index in [9.17, 15) is 18.3 Å². The summed E-state index contributed by atoms with van der Waals surface area (Å²) in [6.45, 7) is -0.227. The number of pyridine rings is 1. The summed E-state index contributed by atoms with van der Waals surface area (Å²) in [6.07, 6.45) is 3.51. The fraction of sp³-hybridized carbons (Fsp3) is 0.188. The molecule has 0 aliphatic rings. The van der Waals surface area contributed by atoms with Crippen LogP contribution < -0.4 is 0 Å². The average Bonchev–Trinajstić information content (AvgIpc) is 3.04. The summed E-state index contributed by atoms with van der Waals surface area (Å²) in [5, 5.41) is 14.6. The highest BCUT2D eigenvalue weighted by Gasteiger charge is 2.35. The Morgan fingerprint density at radius 1 is 1.20 bits per heavy atom. The first-order chi connectivity index (χ1) is 11.9. The van der Waals surface area contributed by atoms with Crippen LogP contribution >= 0.6 is 11.6 Å². The second-order valence-electron chi connectivity index (χ2n) is 5.50. The smallest absolute Gasteiger partial charge is 0.164 e. The molecule has 9 heteroatoms. The topological polar surface area (TPSA) is 63.8 Å². The van der Waals surface area contributed by atoms with Crippen LogP contribution in [0.5, 0.6) is 0 Å². The monoisotopic (exact) mass is 368 g/mol. The van der Waals surface area contributed by atoms with Crippen LogP contribution in [0.1, 0.15) is 11.1 Å². The molecule has 0 spiro atoms.